The molecular formula is C23H31ClN2O4. The SMILES string of the molecule is CCCN(CC(=O)Nc1ccccc1OC)CC(O)COC(C)c1ccc(Cl)cc1. The second kappa shape index (κ2) is 12.5. The maximum Gasteiger partial charge on any atom is 0.238 e. The van der Waals surface area contributed by atoms with Gasteiger partial charge in [0.1, 0.15) is 5.75 Å². The highest BCUT2D eigenvalue weighted by atomic mass is 35.5. The smallest absolute Gasteiger partial charge is 0.238 e. The number of benzene rings is 2. The third-order valence-corrected chi connectivity index (χ3v) is 4.89. The number of ether oxygens (including phenoxy) is 2. The van der Waals surface area contributed by atoms with Crippen LogP contribution in [-0.2, 0) is 9.53 Å². The average molecular weight is 435 g/mol. The summed E-state index contributed by atoms with van der Waals surface area (Å²) in [5.74, 6) is 0.452. The molecule has 2 rings (SSSR count). The minimum atomic E-state index is -0.703. The molecule has 0 saturated heterocycles. The maximum absolute atomic E-state index is 12.5. The molecule has 6 nitrogen and oxygen atoms in total. The van der Waals surface area contributed by atoms with Crippen LogP contribution in [0.25, 0.3) is 0 Å². The van der Waals surface area contributed by atoms with Crippen molar-refractivity contribution in [3.63, 3.8) is 0 Å². The Morgan fingerprint density at radius 3 is 2.57 bits per heavy atom. The molecule has 0 aliphatic carbocycles. The van der Waals surface area contributed by atoms with Gasteiger partial charge in [-0.15, -0.1) is 0 Å². The van der Waals surface area contributed by atoms with Crippen LogP contribution in [0.15, 0.2) is 48.5 Å². The summed E-state index contributed by atoms with van der Waals surface area (Å²) >= 11 is 5.91. The fourth-order valence-corrected chi connectivity index (χ4v) is 3.25. The molecule has 0 spiro atoms. The zero-order valence-corrected chi connectivity index (χ0v) is 18.6. The van der Waals surface area contributed by atoms with Gasteiger partial charge in [0.2, 0.25) is 5.91 Å². The number of nitrogens with zero attached hydrogens (tertiary/aromatic N) is 1. The number of amides is 1. The number of carbonyl (C=O) groups excluding carboxylic acids is 1. The van der Waals surface area contributed by atoms with Crippen molar-refractivity contribution in [2.24, 2.45) is 0 Å². The Labute approximate surface area is 183 Å². The molecule has 2 unspecified atom stereocenters. The van der Waals surface area contributed by atoms with E-state index in [4.69, 9.17) is 21.1 Å². The van der Waals surface area contributed by atoms with E-state index < -0.39 is 6.10 Å². The summed E-state index contributed by atoms with van der Waals surface area (Å²) in [6.07, 6.45) is 0.00667. The largest absolute Gasteiger partial charge is 0.495 e. The molecule has 2 atom stereocenters. The topological polar surface area (TPSA) is 71.0 Å². The molecule has 0 aromatic heterocycles. The third kappa shape index (κ3) is 7.95. The molecule has 2 aromatic carbocycles. The number of carbonyl (C=O) groups is 1. The minimum absolute atomic E-state index is 0.157. The lowest BCUT2D eigenvalue weighted by molar-refractivity contribution is -0.117. The normalized spacial score (nSPS) is 13.1. The summed E-state index contributed by atoms with van der Waals surface area (Å²) in [5, 5.41) is 14.0. The van der Waals surface area contributed by atoms with Gasteiger partial charge < -0.3 is 19.9 Å². The van der Waals surface area contributed by atoms with Crippen LogP contribution in [-0.4, -0.2) is 55.4 Å². The quantitative estimate of drug-likeness (QED) is 0.525. The molecule has 0 aliphatic rings. The molecule has 2 N–H and O–H groups in total. The molecular weight excluding hydrogens is 404 g/mol. The van der Waals surface area contributed by atoms with Crippen molar-refractivity contribution >= 4 is 23.2 Å². The lowest BCUT2D eigenvalue weighted by atomic mass is 10.1. The Morgan fingerprint density at radius 1 is 1.20 bits per heavy atom. The fourth-order valence-electron chi connectivity index (χ4n) is 3.13. The van der Waals surface area contributed by atoms with Crippen LogP contribution in [0.2, 0.25) is 5.02 Å². The van der Waals surface area contributed by atoms with Crippen LogP contribution in [0, 0.1) is 0 Å². The van der Waals surface area contributed by atoms with Gasteiger partial charge in [0, 0.05) is 11.6 Å². The highest BCUT2D eigenvalue weighted by Gasteiger charge is 2.17. The molecule has 0 heterocycles. The average Bonchev–Trinajstić information content (AvgIpc) is 2.73. The van der Waals surface area contributed by atoms with E-state index in [-0.39, 0.29) is 25.2 Å². The summed E-state index contributed by atoms with van der Waals surface area (Å²) < 4.78 is 11.1. The van der Waals surface area contributed by atoms with E-state index in [0.29, 0.717) is 29.5 Å². The number of aliphatic hydroxyl groups is 1. The zero-order valence-electron chi connectivity index (χ0n) is 17.8. The number of methoxy groups -OCH3 is 1. The van der Waals surface area contributed by atoms with E-state index in [9.17, 15) is 9.90 Å². The Balaban J connectivity index is 1.84. The first-order chi connectivity index (χ1) is 14.4. The van der Waals surface area contributed by atoms with Crippen LogP contribution in [0.5, 0.6) is 5.75 Å². The lowest BCUT2D eigenvalue weighted by Gasteiger charge is -2.25. The highest BCUT2D eigenvalue weighted by Crippen LogP contribution is 2.23. The van der Waals surface area contributed by atoms with E-state index in [1.807, 2.05) is 55.1 Å². The van der Waals surface area contributed by atoms with Gasteiger partial charge in [-0.1, -0.05) is 42.8 Å². The Hall–Kier alpha value is -2.12. The van der Waals surface area contributed by atoms with Gasteiger partial charge in [-0.3, -0.25) is 9.69 Å². The number of halogens is 1. The fraction of sp³-hybridized carbons (Fsp3) is 0.435. The van der Waals surface area contributed by atoms with Crippen molar-refractivity contribution in [3.8, 4) is 5.75 Å². The van der Waals surface area contributed by atoms with Gasteiger partial charge >= 0.3 is 0 Å². The van der Waals surface area contributed by atoms with Crippen molar-refractivity contribution in [2.45, 2.75) is 32.5 Å². The first-order valence-corrected chi connectivity index (χ1v) is 10.5. The van der Waals surface area contributed by atoms with E-state index in [2.05, 4.69) is 5.32 Å². The first kappa shape index (κ1) is 24.2. The molecule has 164 valence electrons. The van der Waals surface area contributed by atoms with Crippen molar-refractivity contribution in [2.75, 3.05) is 38.7 Å². The molecule has 0 saturated carbocycles. The van der Waals surface area contributed by atoms with Crippen molar-refractivity contribution in [1.82, 2.24) is 4.90 Å². The summed E-state index contributed by atoms with van der Waals surface area (Å²) in [6, 6.07) is 14.7. The molecule has 30 heavy (non-hydrogen) atoms. The number of anilines is 1. The Kier molecular flexibility index (Phi) is 10.1. The molecule has 0 radical (unpaired) electrons. The van der Waals surface area contributed by atoms with Gasteiger partial charge in [-0.2, -0.15) is 0 Å². The first-order valence-electron chi connectivity index (χ1n) is 10.1. The second-order valence-corrected chi connectivity index (χ2v) is 7.60. The van der Waals surface area contributed by atoms with Crippen LogP contribution < -0.4 is 10.1 Å². The monoisotopic (exact) mass is 434 g/mol. The van der Waals surface area contributed by atoms with Crippen molar-refractivity contribution in [1.29, 1.82) is 0 Å². The van der Waals surface area contributed by atoms with E-state index in [1.165, 1.54) is 0 Å². The standard InChI is InChI=1S/C23H31ClN2O4/c1-4-13-26(15-23(28)25-21-7-5-6-8-22(21)29-3)14-20(27)16-30-17(2)18-9-11-19(24)12-10-18/h5-12,17,20,27H,4,13-16H2,1-3H3,(H,25,28). The molecule has 1 amide bonds. The van der Waals surface area contributed by atoms with Gasteiger partial charge in [-0.05, 0) is 49.7 Å². The number of nitrogens with one attached hydrogen (secondary N) is 1. The van der Waals surface area contributed by atoms with Gasteiger partial charge in [0.25, 0.3) is 0 Å². The van der Waals surface area contributed by atoms with E-state index in [1.54, 1.807) is 19.2 Å². The molecule has 0 bridgehead atoms. The van der Waals surface area contributed by atoms with E-state index >= 15 is 0 Å². The Morgan fingerprint density at radius 2 is 1.90 bits per heavy atom. The summed E-state index contributed by atoms with van der Waals surface area (Å²) in [4.78, 5) is 14.4. The molecule has 0 aliphatic heterocycles. The molecule has 0 fully saturated rings. The van der Waals surface area contributed by atoms with Gasteiger partial charge in [0.05, 0.1) is 38.2 Å². The van der Waals surface area contributed by atoms with Crippen LogP contribution >= 0.6 is 11.6 Å². The van der Waals surface area contributed by atoms with Crippen molar-refractivity contribution < 1.29 is 19.4 Å². The summed E-state index contributed by atoms with van der Waals surface area (Å²) in [7, 11) is 1.57. The Bertz CT molecular complexity index is 785. The van der Waals surface area contributed by atoms with Crippen LogP contribution in [0.3, 0.4) is 0 Å². The van der Waals surface area contributed by atoms with Gasteiger partial charge in [-0.25, -0.2) is 0 Å². The minimum Gasteiger partial charge on any atom is -0.495 e. The number of aliphatic hydroxyl groups excluding tert-OH is 1. The molecule has 2 aromatic rings. The predicted octanol–water partition coefficient (Wildman–Crippen LogP) is 4.14. The molecule has 7 heteroatoms. The number of para-hydroxylation sites is 2. The number of rotatable bonds is 12. The van der Waals surface area contributed by atoms with Crippen molar-refractivity contribution in [3.05, 3.63) is 59.1 Å². The van der Waals surface area contributed by atoms with Gasteiger partial charge in [0.15, 0.2) is 0 Å². The van der Waals surface area contributed by atoms with Crippen LogP contribution in [0.1, 0.15) is 31.9 Å². The lowest BCUT2D eigenvalue weighted by Crippen LogP contribution is -2.40. The zero-order chi connectivity index (χ0) is 21.9. The summed E-state index contributed by atoms with van der Waals surface area (Å²) in [5.41, 5.74) is 1.62. The number of hydrogen-bond donors (Lipinski definition) is 2. The second-order valence-electron chi connectivity index (χ2n) is 7.16. The maximum atomic E-state index is 12.5. The predicted molar refractivity (Wildman–Crippen MR) is 120 cm³/mol. The summed E-state index contributed by atoms with van der Waals surface area (Å²) in [6.45, 7) is 5.37. The third-order valence-electron chi connectivity index (χ3n) is 4.64. The van der Waals surface area contributed by atoms with E-state index in [0.717, 1.165) is 12.0 Å². The number of hydrogen-bond acceptors (Lipinski definition) is 5. The highest BCUT2D eigenvalue weighted by molar-refractivity contribution is 6.30. The van der Waals surface area contributed by atoms with Crippen LogP contribution in [0.4, 0.5) is 5.69 Å².